The molecule has 0 spiro atoms. The highest BCUT2D eigenvalue weighted by Crippen LogP contribution is 2.20. The molecule has 0 fully saturated rings. The van der Waals surface area contributed by atoms with Crippen molar-refractivity contribution in [3.8, 4) is 5.69 Å². The quantitative estimate of drug-likeness (QED) is 0.838. The van der Waals surface area contributed by atoms with Gasteiger partial charge in [-0.2, -0.15) is 0 Å². The number of anilines is 1. The van der Waals surface area contributed by atoms with Crippen LogP contribution in [0.2, 0.25) is 0 Å². The molecule has 7 heteroatoms. The maximum Gasteiger partial charge on any atom is 0.360 e. The zero-order valence-electron chi connectivity index (χ0n) is 12.9. The summed E-state index contributed by atoms with van der Waals surface area (Å²) in [6, 6.07) is 5.83. The third kappa shape index (κ3) is 3.09. The molecular formula is C15H20N4O3. The Balaban J connectivity index is 2.55. The molecular weight excluding hydrogens is 284 g/mol. The molecule has 0 radical (unpaired) electrons. The largest absolute Gasteiger partial charge is 0.476 e. The molecule has 7 nitrogen and oxygen atoms in total. The number of carbonyl (C=O) groups is 1. The van der Waals surface area contributed by atoms with Crippen molar-refractivity contribution in [1.29, 1.82) is 0 Å². The van der Waals surface area contributed by atoms with Gasteiger partial charge in [0.1, 0.15) is 0 Å². The number of benzene rings is 1. The Morgan fingerprint density at radius 3 is 2.64 bits per heavy atom. The van der Waals surface area contributed by atoms with Crippen molar-refractivity contribution < 1.29 is 15.0 Å². The average Bonchev–Trinajstić information content (AvgIpc) is 2.92. The number of aliphatic hydroxyl groups excluding tert-OH is 1. The maximum absolute atomic E-state index is 11.4. The lowest BCUT2D eigenvalue weighted by Crippen LogP contribution is -2.28. The molecule has 1 aromatic carbocycles. The first kappa shape index (κ1) is 16.0. The summed E-state index contributed by atoms with van der Waals surface area (Å²) in [5.41, 5.74) is 2.62. The molecule has 2 rings (SSSR count). The summed E-state index contributed by atoms with van der Waals surface area (Å²) in [6.07, 6.45) is 0. The fraction of sp³-hybridized carbons (Fsp3) is 0.400. The van der Waals surface area contributed by atoms with Crippen LogP contribution in [0.1, 0.15) is 28.5 Å². The van der Waals surface area contributed by atoms with Crippen LogP contribution >= 0.6 is 0 Å². The lowest BCUT2D eigenvalue weighted by molar-refractivity contribution is 0.0690. The Kier molecular flexibility index (Phi) is 4.77. The van der Waals surface area contributed by atoms with Crippen LogP contribution in [0.15, 0.2) is 18.2 Å². The smallest absolute Gasteiger partial charge is 0.360 e. The average molecular weight is 304 g/mol. The Hall–Kier alpha value is -2.41. The number of aliphatic hydroxyl groups is 1. The maximum atomic E-state index is 11.4. The summed E-state index contributed by atoms with van der Waals surface area (Å²) < 4.78 is 0. The predicted octanol–water partition coefficient (Wildman–Crippen LogP) is 1.40. The lowest BCUT2D eigenvalue weighted by atomic mass is 10.1. The van der Waals surface area contributed by atoms with Crippen molar-refractivity contribution in [3.05, 3.63) is 35.0 Å². The fourth-order valence-electron chi connectivity index (χ4n) is 2.23. The van der Waals surface area contributed by atoms with Gasteiger partial charge in [0.2, 0.25) is 5.69 Å². The number of carboxylic acids is 1. The van der Waals surface area contributed by atoms with E-state index in [1.54, 1.807) is 4.90 Å². The third-order valence-corrected chi connectivity index (χ3v) is 3.43. The van der Waals surface area contributed by atoms with Crippen molar-refractivity contribution in [2.24, 2.45) is 0 Å². The van der Waals surface area contributed by atoms with Gasteiger partial charge in [-0.05, 0) is 38.0 Å². The van der Waals surface area contributed by atoms with Crippen LogP contribution in [0.3, 0.4) is 0 Å². The summed E-state index contributed by atoms with van der Waals surface area (Å²) in [5, 5.41) is 26.9. The Morgan fingerprint density at radius 1 is 1.32 bits per heavy atom. The molecule has 1 heterocycles. The molecule has 0 saturated heterocycles. The molecule has 1 aromatic heterocycles. The topological polar surface area (TPSA) is 91.5 Å². The molecule has 0 amide bonds. The number of aryl methyl sites for hydroxylation is 2. The molecule has 0 unspecified atom stereocenters. The second-order valence-corrected chi connectivity index (χ2v) is 5.06. The molecule has 0 bridgehead atoms. The van der Waals surface area contributed by atoms with Crippen molar-refractivity contribution >= 4 is 11.8 Å². The zero-order chi connectivity index (χ0) is 16.3. The van der Waals surface area contributed by atoms with Gasteiger partial charge in [-0.25, -0.2) is 4.79 Å². The minimum absolute atomic E-state index is 0.0801. The van der Waals surface area contributed by atoms with Gasteiger partial charge in [0.25, 0.3) is 0 Å². The number of nitrogens with zero attached hydrogens (tertiary/aromatic N) is 4. The molecule has 118 valence electrons. The Morgan fingerprint density at radius 2 is 2.05 bits per heavy atom. The number of aromatic carboxylic acids is 1. The van der Waals surface area contributed by atoms with Gasteiger partial charge in [0.05, 0.1) is 12.3 Å². The van der Waals surface area contributed by atoms with Crippen LogP contribution in [0.4, 0.5) is 5.82 Å². The van der Waals surface area contributed by atoms with Crippen molar-refractivity contribution in [2.45, 2.75) is 20.8 Å². The number of hydrogen-bond acceptors (Lipinski definition) is 5. The van der Waals surface area contributed by atoms with Gasteiger partial charge >= 0.3 is 5.97 Å². The summed E-state index contributed by atoms with van der Waals surface area (Å²) in [4.78, 5) is 14.5. The normalized spacial score (nSPS) is 10.7. The number of aromatic nitrogens is 3. The SMILES string of the molecule is CCN(CCO)c1nn(-c2cc(C)ccc2C)nc1C(=O)O. The molecule has 22 heavy (non-hydrogen) atoms. The van der Waals surface area contributed by atoms with Crippen LogP contribution in [0, 0.1) is 13.8 Å². The monoisotopic (exact) mass is 304 g/mol. The minimum Gasteiger partial charge on any atom is -0.476 e. The summed E-state index contributed by atoms with van der Waals surface area (Å²) in [5.74, 6) is -0.868. The van der Waals surface area contributed by atoms with Gasteiger partial charge in [0.15, 0.2) is 5.82 Å². The first-order chi connectivity index (χ1) is 10.5. The molecule has 2 N–H and O–H groups in total. The van der Waals surface area contributed by atoms with Gasteiger partial charge < -0.3 is 15.1 Å². The number of rotatable bonds is 6. The van der Waals surface area contributed by atoms with Gasteiger partial charge in [-0.15, -0.1) is 15.0 Å². The van der Waals surface area contributed by atoms with E-state index in [2.05, 4.69) is 10.2 Å². The van der Waals surface area contributed by atoms with E-state index in [9.17, 15) is 9.90 Å². The first-order valence-corrected chi connectivity index (χ1v) is 7.12. The Bertz CT molecular complexity index is 681. The van der Waals surface area contributed by atoms with E-state index in [0.29, 0.717) is 13.1 Å². The van der Waals surface area contributed by atoms with Crippen molar-refractivity contribution in [3.63, 3.8) is 0 Å². The first-order valence-electron chi connectivity index (χ1n) is 7.12. The fourth-order valence-corrected chi connectivity index (χ4v) is 2.23. The summed E-state index contributed by atoms with van der Waals surface area (Å²) >= 11 is 0. The highest BCUT2D eigenvalue weighted by molar-refractivity contribution is 5.91. The summed E-state index contributed by atoms with van der Waals surface area (Å²) in [6.45, 7) is 6.51. The number of likely N-dealkylation sites (N-methyl/N-ethyl adjacent to an activating group) is 1. The molecule has 0 aliphatic heterocycles. The minimum atomic E-state index is -1.14. The highest BCUT2D eigenvalue weighted by Gasteiger charge is 2.23. The van der Waals surface area contributed by atoms with E-state index in [1.807, 2.05) is 39.0 Å². The van der Waals surface area contributed by atoms with Gasteiger partial charge in [-0.1, -0.05) is 12.1 Å². The van der Waals surface area contributed by atoms with Crippen LogP contribution in [0.5, 0.6) is 0 Å². The third-order valence-electron chi connectivity index (χ3n) is 3.43. The standard InChI is InChI=1S/C15H20N4O3/c1-4-18(7-8-20)14-13(15(21)22)16-19(17-14)12-9-10(2)5-6-11(12)3/h5-6,9,20H,4,7-8H2,1-3H3,(H,21,22). The van der Waals surface area contributed by atoms with Gasteiger partial charge in [-0.3, -0.25) is 0 Å². The van der Waals surface area contributed by atoms with Crippen LogP contribution < -0.4 is 4.90 Å². The second-order valence-electron chi connectivity index (χ2n) is 5.06. The molecule has 2 aromatic rings. The molecule has 0 aliphatic rings. The van der Waals surface area contributed by atoms with Gasteiger partial charge in [0, 0.05) is 13.1 Å². The molecule has 0 saturated carbocycles. The second kappa shape index (κ2) is 6.57. The molecule has 0 aliphatic carbocycles. The Labute approximate surface area is 128 Å². The number of hydrogen-bond donors (Lipinski definition) is 2. The predicted molar refractivity (Wildman–Crippen MR) is 82.8 cm³/mol. The van der Waals surface area contributed by atoms with Crippen molar-refractivity contribution in [1.82, 2.24) is 15.0 Å². The van der Waals surface area contributed by atoms with Crippen LogP contribution in [0.25, 0.3) is 5.69 Å². The van der Waals surface area contributed by atoms with E-state index in [0.717, 1.165) is 16.8 Å². The van der Waals surface area contributed by atoms with E-state index in [-0.39, 0.29) is 18.1 Å². The van der Waals surface area contributed by atoms with E-state index in [4.69, 9.17) is 5.11 Å². The van der Waals surface area contributed by atoms with E-state index >= 15 is 0 Å². The zero-order valence-corrected chi connectivity index (χ0v) is 12.9. The summed E-state index contributed by atoms with van der Waals surface area (Å²) in [7, 11) is 0. The van der Waals surface area contributed by atoms with Crippen LogP contribution in [-0.2, 0) is 0 Å². The molecule has 0 atom stereocenters. The lowest BCUT2D eigenvalue weighted by Gasteiger charge is -2.18. The highest BCUT2D eigenvalue weighted by atomic mass is 16.4. The van der Waals surface area contributed by atoms with Crippen molar-refractivity contribution in [2.75, 3.05) is 24.6 Å². The van der Waals surface area contributed by atoms with E-state index < -0.39 is 5.97 Å². The number of carboxylic acid groups (broad SMARTS) is 1. The van der Waals surface area contributed by atoms with E-state index in [1.165, 1.54) is 4.80 Å². The van der Waals surface area contributed by atoms with Crippen LogP contribution in [-0.4, -0.2) is 50.9 Å².